The number of para-hydroxylation sites is 1. The normalized spacial score (nSPS) is 10.9. The second-order valence-corrected chi connectivity index (χ2v) is 7.53. The average Bonchev–Trinajstić information content (AvgIpc) is 3.46. The number of hydrogen-bond acceptors (Lipinski definition) is 6. The third-order valence-corrected chi connectivity index (χ3v) is 5.13. The zero-order valence-electron chi connectivity index (χ0n) is 17.2. The minimum absolute atomic E-state index is 0.229. The van der Waals surface area contributed by atoms with Crippen LogP contribution in [-0.4, -0.2) is 15.2 Å². The summed E-state index contributed by atoms with van der Waals surface area (Å²) in [5.41, 5.74) is 3.08. The van der Waals surface area contributed by atoms with E-state index in [0.717, 1.165) is 11.1 Å². The van der Waals surface area contributed by atoms with Gasteiger partial charge in [-0.2, -0.15) is 0 Å². The summed E-state index contributed by atoms with van der Waals surface area (Å²) in [5, 5.41) is 9.00. The Bertz CT molecular complexity index is 1360. The van der Waals surface area contributed by atoms with Gasteiger partial charge in [-0.25, -0.2) is 4.98 Å². The highest BCUT2D eigenvalue weighted by Gasteiger charge is 2.17. The first-order valence-electron chi connectivity index (χ1n) is 10.0. The van der Waals surface area contributed by atoms with Gasteiger partial charge in [0.1, 0.15) is 23.8 Å². The van der Waals surface area contributed by atoms with Gasteiger partial charge in [0.05, 0.1) is 5.56 Å². The zero-order chi connectivity index (χ0) is 21.9. The molecule has 6 nitrogen and oxygen atoms in total. The third kappa shape index (κ3) is 4.13. The molecule has 2 heterocycles. The van der Waals surface area contributed by atoms with Crippen LogP contribution in [0.4, 0.5) is 0 Å². The predicted octanol–water partition coefficient (Wildman–Crippen LogP) is 6.60. The van der Waals surface area contributed by atoms with Crippen LogP contribution in [0.5, 0.6) is 5.75 Å². The first kappa shape index (κ1) is 20.0. The summed E-state index contributed by atoms with van der Waals surface area (Å²) in [6, 6.07) is 24.5. The van der Waals surface area contributed by atoms with Crippen LogP contribution in [0.1, 0.15) is 11.5 Å². The SMILES string of the molecule is Cc1oc(-c2cccc(Cl)c2)nc1COc1ccccc1-c1nnc(-c2ccccc2)o1. The molecule has 2 aromatic heterocycles. The van der Waals surface area contributed by atoms with Crippen LogP contribution in [0.25, 0.3) is 34.4 Å². The van der Waals surface area contributed by atoms with Crippen molar-refractivity contribution in [3.05, 3.63) is 95.3 Å². The van der Waals surface area contributed by atoms with Crippen molar-refractivity contribution in [3.8, 4) is 40.1 Å². The van der Waals surface area contributed by atoms with E-state index >= 15 is 0 Å². The van der Waals surface area contributed by atoms with E-state index in [1.54, 1.807) is 0 Å². The Kier molecular flexibility index (Phi) is 5.44. The largest absolute Gasteiger partial charge is 0.486 e. The molecule has 0 saturated carbocycles. The maximum Gasteiger partial charge on any atom is 0.251 e. The Morgan fingerprint density at radius 1 is 0.781 bits per heavy atom. The first-order chi connectivity index (χ1) is 15.7. The molecule has 0 N–H and O–H groups in total. The van der Waals surface area contributed by atoms with Crippen molar-refractivity contribution in [1.82, 2.24) is 15.2 Å². The van der Waals surface area contributed by atoms with Gasteiger partial charge in [0.25, 0.3) is 5.89 Å². The van der Waals surface area contributed by atoms with E-state index in [-0.39, 0.29) is 6.61 Å². The molecule has 0 aliphatic heterocycles. The van der Waals surface area contributed by atoms with Gasteiger partial charge in [0.15, 0.2) is 0 Å². The van der Waals surface area contributed by atoms with E-state index < -0.39 is 0 Å². The number of aromatic nitrogens is 3. The first-order valence-corrected chi connectivity index (χ1v) is 10.4. The summed E-state index contributed by atoms with van der Waals surface area (Å²) in [4.78, 5) is 4.58. The monoisotopic (exact) mass is 443 g/mol. The smallest absolute Gasteiger partial charge is 0.251 e. The molecular weight excluding hydrogens is 426 g/mol. The van der Waals surface area contributed by atoms with E-state index in [1.165, 1.54) is 0 Å². The molecule has 0 fully saturated rings. The van der Waals surface area contributed by atoms with Gasteiger partial charge in [-0.3, -0.25) is 0 Å². The Morgan fingerprint density at radius 3 is 2.38 bits per heavy atom. The van der Waals surface area contributed by atoms with Gasteiger partial charge in [0.2, 0.25) is 11.8 Å². The number of aryl methyl sites for hydroxylation is 1. The number of hydrogen-bond donors (Lipinski definition) is 0. The van der Waals surface area contributed by atoms with Crippen molar-refractivity contribution in [3.63, 3.8) is 0 Å². The molecular formula is C25H18ClN3O3. The lowest BCUT2D eigenvalue weighted by Gasteiger charge is -2.08. The maximum atomic E-state index is 6.08. The molecule has 5 rings (SSSR count). The average molecular weight is 444 g/mol. The number of halogens is 1. The molecule has 5 aromatic rings. The fourth-order valence-electron chi connectivity index (χ4n) is 3.25. The molecule has 158 valence electrons. The fourth-order valence-corrected chi connectivity index (χ4v) is 3.44. The van der Waals surface area contributed by atoms with E-state index in [1.807, 2.05) is 85.8 Å². The van der Waals surface area contributed by atoms with Crippen molar-refractivity contribution < 1.29 is 13.6 Å². The lowest BCUT2D eigenvalue weighted by Crippen LogP contribution is -1.99. The van der Waals surface area contributed by atoms with Gasteiger partial charge in [-0.1, -0.05) is 48.0 Å². The second kappa shape index (κ2) is 8.69. The topological polar surface area (TPSA) is 74.2 Å². The molecule has 0 aliphatic carbocycles. The molecule has 0 spiro atoms. The van der Waals surface area contributed by atoms with Crippen LogP contribution in [0.15, 0.2) is 87.7 Å². The number of rotatable bonds is 6. The summed E-state index contributed by atoms with van der Waals surface area (Å²) in [6.07, 6.45) is 0. The van der Waals surface area contributed by atoms with E-state index in [0.29, 0.717) is 45.5 Å². The minimum atomic E-state index is 0.229. The van der Waals surface area contributed by atoms with Crippen molar-refractivity contribution in [2.75, 3.05) is 0 Å². The van der Waals surface area contributed by atoms with Crippen LogP contribution < -0.4 is 4.74 Å². The van der Waals surface area contributed by atoms with Crippen LogP contribution in [0.3, 0.4) is 0 Å². The Morgan fingerprint density at radius 2 is 1.53 bits per heavy atom. The Hall–Kier alpha value is -3.90. The number of nitrogens with zero attached hydrogens (tertiary/aromatic N) is 3. The molecule has 0 atom stereocenters. The zero-order valence-corrected chi connectivity index (χ0v) is 17.9. The summed E-state index contributed by atoms with van der Waals surface area (Å²) in [7, 11) is 0. The highest BCUT2D eigenvalue weighted by atomic mass is 35.5. The summed E-state index contributed by atoms with van der Waals surface area (Å²) in [5.74, 6) is 2.63. The van der Waals surface area contributed by atoms with Gasteiger partial charge >= 0.3 is 0 Å². The van der Waals surface area contributed by atoms with E-state index in [2.05, 4.69) is 15.2 Å². The lowest BCUT2D eigenvalue weighted by atomic mass is 10.2. The quantitative estimate of drug-likeness (QED) is 0.294. The molecule has 7 heteroatoms. The van der Waals surface area contributed by atoms with Crippen LogP contribution in [-0.2, 0) is 6.61 Å². The minimum Gasteiger partial charge on any atom is -0.486 e. The highest BCUT2D eigenvalue weighted by Crippen LogP contribution is 2.32. The fraction of sp³-hybridized carbons (Fsp3) is 0.0800. The van der Waals surface area contributed by atoms with Crippen molar-refractivity contribution in [2.45, 2.75) is 13.5 Å². The molecule has 32 heavy (non-hydrogen) atoms. The van der Waals surface area contributed by atoms with Crippen molar-refractivity contribution in [2.24, 2.45) is 0 Å². The summed E-state index contributed by atoms with van der Waals surface area (Å²) < 4.78 is 17.8. The van der Waals surface area contributed by atoms with Gasteiger partial charge in [-0.05, 0) is 49.4 Å². The van der Waals surface area contributed by atoms with Gasteiger partial charge in [-0.15, -0.1) is 10.2 Å². The number of ether oxygens (including phenoxy) is 1. The molecule has 3 aromatic carbocycles. The lowest BCUT2D eigenvalue weighted by molar-refractivity contribution is 0.300. The molecule has 0 unspecified atom stereocenters. The molecule has 0 bridgehead atoms. The third-order valence-electron chi connectivity index (χ3n) is 4.89. The molecule has 0 saturated heterocycles. The van der Waals surface area contributed by atoms with Crippen molar-refractivity contribution in [1.29, 1.82) is 0 Å². The van der Waals surface area contributed by atoms with Crippen molar-refractivity contribution >= 4 is 11.6 Å². The van der Waals surface area contributed by atoms with E-state index in [9.17, 15) is 0 Å². The second-order valence-electron chi connectivity index (χ2n) is 7.10. The van der Waals surface area contributed by atoms with Crippen LogP contribution in [0, 0.1) is 6.92 Å². The maximum absolute atomic E-state index is 6.08. The standard InChI is InChI=1S/C25H18ClN3O3/c1-16-21(27-23(31-16)18-10-7-11-19(26)14-18)15-30-22-13-6-5-12-20(22)25-29-28-24(32-25)17-8-3-2-4-9-17/h2-14H,15H2,1H3. The predicted molar refractivity (Wildman–Crippen MR) is 121 cm³/mol. The van der Waals surface area contributed by atoms with Gasteiger partial charge < -0.3 is 13.6 Å². The highest BCUT2D eigenvalue weighted by molar-refractivity contribution is 6.30. The van der Waals surface area contributed by atoms with Gasteiger partial charge in [0, 0.05) is 16.1 Å². The number of benzene rings is 3. The van der Waals surface area contributed by atoms with Crippen LogP contribution >= 0.6 is 11.6 Å². The molecule has 0 aliphatic rings. The number of oxazole rings is 1. The van der Waals surface area contributed by atoms with Crippen LogP contribution in [0.2, 0.25) is 5.02 Å². The Balaban J connectivity index is 1.38. The summed E-state index contributed by atoms with van der Waals surface area (Å²) >= 11 is 6.08. The molecule has 0 amide bonds. The Labute approximate surface area is 189 Å². The van der Waals surface area contributed by atoms with E-state index in [4.69, 9.17) is 25.2 Å². The summed E-state index contributed by atoms with van der Waals surface area (Å²) in [6.45, 7) is 2.09. The molecule has 0 radical (unpaired) electrons.